The third-order valence-corrected chi connectivity index (χ3v) is 2.65. The summed E-state index contributed by atoms with van der Waals surface area (Å²) in [7, 11) is 0. The molecule has 0 atom stereocenters. The minimum atomic E-state index is -0.514. The molecule has 3 N–H and O–H groups in total. The van der Waals surface area contributed by atoms with Gasteiger partial charge in [0.15, 0.2) is 0 Å². The van der Waals surface area contributed by atoms with Gasteiger partial charge in [-0.3, -0.25) is 5.32 Å². The number of aromatic nitrogens is 1. The van der Waals surface area contributed by atoms with E-state index in [1.807, 2.05) is 51.1 Å². The van der Waals surface area contributed by atoms with Gasteiger partial charge in [-0.25, -0.2) is 9.78 Å². The lowest BCUT2D eigenvalue weighted by molar-refractivity contribution is 0.0636. The van der Waals surface area contributed by atoms with Gasteiger partial charge in [-0.15, -0.1) is 0 Å². The van der Waals surface area contributed by atoms with Gasteiger partial charge in [-0.05, 0) is 50.6 Å². The third-order valence-electron chi connectivity index (χ3n) is 2.65. The molecular formula is C16H19N3O2. The molecule has 0 aliphatic heterocycles. The van der Waals surface area contributed by atoms with Gasteiger partial charge < -0.3 is 10.5 Å². The first-order chi connectivity index (χ1) is 9.83. The monoisotopic (exact) mass is 285 g/mol. The van der Waals surface area contributed by atoms with E-state index in [1.54, 1.807) is 12.3 Å². The molecule has 0 spiro atoms. The van der Waals surface area contributed by atoms with Crippen molar-refractivity contribution in [3.05, 3.63) is 42.6 Å². The molecular weight excluding hydrogens is 266 g/mol. The second-order valence-electron chi connectivity index (χ2n) is 5.68. The molecule has 1 aromatic carbocycles. The normalized spacial score (nSPS) is 11.0. The highest BCUT2D eigenvalue weighted by Gasteiger charge is 2.16. The zero-order valence-corrected chi connectivity index (χ0v) is 12.4. The summed E-state index contributed by atoms with van der Waals surface area (Å²) in [5, 5.41) is 2.69. The van der Waals surface area contributed by atoms with Gasteiger partial charge >= 0.3 is 6.09 Å². The molecule has 21 heavy (non-hydrogen) atoms. The summed E-state index contributed by atoms with van der Waals surface area (Å²) in [5.41, 5.74) is 7.69. The Hall–Kier alpha value is -2.56. The summed E-state index contributed by atoms with van der Waals surface area (Å²) >= 11 is 0. The van der Waals surface area contributed by atoms with Gasteiger partial charge in [0.2, 0.25) is 0 Å². The average molecular weight is 285 g/mol. The molecule has 1 heterocycles. The van der Waals surface area contributed by atoms with E-state index in [-0.39, 0.29) is 0 Å². The number of carbonyl (C=O) groups is 1. The Morgan fingerprint density at radius 1 is 1.10 bits per heavy atom. The highest BCUT2D eigenvalue weighted by molar-refractivity contribution is 5.85. The van der Waals surface area contributed by atoms with Crippen LogP contribution in [0.15, 0.2) is 42.6 Å². The van der Waals surface area contributed by atoms with E-state index in [0.717, 1.165) is 11.1 Å². The summed E-state index contributed by atoms with van der Waals surface area (Å²) in [4.78, 5) is 15.7. The number of ether oxygens (including phenoxy) is 1. The van der Waals surface area contributed by atoms with E-state index in [1.165, 1.54) is 0 Å². The number of hydrogen-bond donors (Lipinski definition) is 2. The second-order valence-corrected chi connectivity index (χ2v) is 5.68. The van der Waals surface area contributed by atoms with Crippen molar-refractivity contribution in [2.24, 2.45) is 0 Å². The van der Waals surface area contributed by atoms with Gasteiger partial charge in [0.1, 0.15) is 11.4 Å². The molecule has 5 heteroatoms. The van der Waals surface area contributed by atoms with Crippen LogP contribution in [0, 0.1) is 0 Å². The number of nitrogens with one attached hydrogen (secondary N) is 1. The summed E-state index contributed by atoms with van der Waals surface area (Å²) in [6.45, 7) is 5.47. The smallest absolute Gasteiger partial charge is 0.412 e. The second kappa shape index (κ2) is 5.83. The van der Waals surface area contributed by atoms with Crippen molar-refractivity contribution in [1.82, 2.24) is 4.98 Å². The number of nitrogens with zero attached hydrogens (tertiary/aromatic N) is 1. The van der Waals surface area contributed by atoms with Crippen LogP contribution in [0.2, 0.25) is 0 Å². The van der Waals surface area contributed by atoms with Crippen molar-refractivity contribution in [3.8, 4) is 11.1 Å². The number of nitrogen functional groups attached to an aromatic ring is 1. The Labute approximate surface area is 124 Å². The van der Waals surface area contributed by atoms with E-state index < -0.39 is 11.7 Å². The van der Waals surface area contributed by atoms with Crippen molar-refractivity contribution in [2.45, 2.75) is 26.4 Å². The molecule has 0 saturated carbocycles. The van der Waals surface area contributed by atoms with Crippen LogP contribution in [0.4, 0.5) is 16.3 Å². The van der Waals surface area contributed by atoms with Gasteiger partial charge in [0.05, 0.1) is 0 Å². The van der Waals surface area contributed by atoms with Crippen LogP contribution in [0.5, 0.6) is 0 Å². The Morgan fingerprint density at radius 2 is 1.71 bits per heavy atom. The minimum Gasteiger partial charge on any atom is -0.444 e. The van der Waals surface area contributed by atoms with E-state index in [2.05, 4.69) is 10.3 Å². The topological polar surface area (TPSA) is 77.2 Å². The van der Waals surface area contributed by atoms with Crippen molar-refractivity contribution in [2.75, 3.05) is 11.1 Å². The van der Waals surface area contributed by atoms with Gasteiger partial charge in [0.25, 0.3) is 0 Å². The van der Waals surface area contributed by atoms with E-state index >= 15 is 0 Å². The van der Waals surface area contributed by atoms with E-state index in [0.29, 0.717) is 11.5 Å². The molecule has 1 aromatic heterocycles. The molecule has 0 radical (unpaired) electrons. The Kier molecular flexibility index (Phi) is 4.12. The number of nitrogens with two attached hydrogens (primary N) is 1. The summed E-state index contributed by atoms with van der Waals surface area (Å²) in [6, 6.07) is 11.1. The standard InChI is InChI=1S/C16H19N3O2/c1-16(2,3)21-15(20)19-13-7-4-11(5-8-13)12-6-9-14(17)18-10-12/h4-10H,1-3H3,(H2,17,18)(H,19,20). The van der Waals surface area contributed by atoms with Gasteiger partial charge in [-0.1, -0.05) is 12.1 Å². The number of carbonyl (C=O) groups excluding carboxylic acids is 1. The number of pyridine rings is 1. The fourth-order valence-electron chi connectivity index (χ4n) is 1.74. The molecule has 0 fully saturated rings. The van der Waals surface area contributed by atoms with Crippen molar-refractivity contribution in [3.63, 3.8) is 0 Å². The number of benzene rings is 1. The van der Waals surface area contributed by atoms with Crippen molar-refractivity contribution in [1.29, 1.82) is 0 Å². The predicted octanol–water partition coefficient (Wildman–Crippen LogP) is 3.68. The zero-order chi connectivity index (χ0) is 15.5. The molecule has 2 rings (SSSR count). The predicted molar refractivity (Wildman–Crippen MR) is 83.9 cm³/mol. The van der Waals surface area contributed by atoms with Crippen LogP contribution < -0.4 is 11.1 Å². The van der Waals surface area contributed by atoms with Crippen LogP contribution in [-0.4, -0.2) is 16.7 Å². The highest BCUT2D eigenvalue weighted by Crippen LogP contribution is 2.21. The van der Waals surface area contributed by atoms with Crippen LogP contribution in [0.3, 0.4) is 0 Å². The maximum atomic E-state index is 11.7. The van der Waals surface area contributed by atoms with Crippen LogP contribution in [0.25, 0.3) is 11.1 Å². The van der Waals surface area contributed by atoms with Gasteiger partial charge in [0, 0.05) is 17.4 Å². The van der Waals surface area contributed by atoms with Crippen molar-refractivity contribution < 1.29 is 9.53 Å². The Bertz CT molecular complexity index is 613. The lowest BCUT2D eigenvalue weighted by Gasteiger charge is -2.19. The summed E-state index contributed by atoms with van der Waals surface area (Å²) < 4.78 is 5.20. The van der Waals surface area contributed by atoms with Gasteiger partial charge in [-0.2, -0.15) is 0 Å². The quantitative estimate of drug-likeness (QED) is 0.882. The van der Waals surface area contributed by atoms with Crippen molar-refractivity contribution >= 4 is 17.6 Å². The Morgan fingerprint density at radius 3 is 2.24 bits per heavy atom. The SMILES string of the molecule is CC(C)(C)OC(=O)Nc1ccc(-c2ccc(N)nc2)cc1. The fraction of sp³-hybridized carbons (Fsp3) is 0.250. The largest absolute Gasteiger partial charge is 0.444 e. The first-order valence-electron chi connectivity index (χ1n) is 6.65. The number of hydrogen-bond acceptors (Lipinski definition) is 4. The molecule has 5 nitrogen and oxygen atoms in total. The molecule has 0 unspecified atom stereocenters. The fourth-order valence-corrected chi connectivity index (χ4v) is 1.74. The molecule has 1 amide bonds. The molecule has 110 valence electrons. The van der Waals surface area contributed by atoms with E-state index in [4.69, 9.17) is 10.5 Å². The number of amides is 1. The van der Waals surface area contributed by atoms with E-state index in [9.17, 15) is 4.79 Å². The maximum Gasteiger partial charge on any atom is 0.412 e. The molecule has 2 aromatic rings. The molecule has 0 aliphatic rings. The summed E-state index contributed by atoms with van der Waals surface area (Å²) in [5.74, 6) is 0.488. The average Bonchev–Trinajstić information content (AvgIpc) is 2.38. The summed E-state index contributed by atoms with van der Waals surface area (Å²) in [6.07, 6.45) is 1.25. The lowest BCUT2D eigenvalue weighted by atomic mass is 10.1. The number of rotatable bonds is 2. The Balaban J connectivity index is 2.05. The maximum absolute atomic E-state index is 11.7. The van der Waals surface area contributed by atoms with Crippen LogP contribution in [0.1, 0.15) is 20.8 Å². The van der Waals surface area contributed by atoms with Crippen LogP contribution >= 0.6 is 0 Å². The molecule has 0 saturated heterocycles. The van der Waals surface area contributed by atoms with Crippen LogP contribution in [-0.2, 0) is 4.74 Å². The lowest BCUT2D eigenvalue weighted by Crippen LogP contribution is -2.27. The molecule has 0 bridgehead atoms. The first kappa shape index (κ1) is 14.8. The zero-order valence-electron chi connectivity index (χ0n) is 12.4. The molecule has 0 aliphatic carbocycles. The minimum absolute atomic E-state index is 0.468. The third kappa shape index (κ3) is 4.49. The first-order valence-corrected chi connectivity index (χ1v) is 6.65. The number of anilines is 2. The highest BCUT2D eigenvalue weighted by atomic mass is 16.6.